The molecule has 1 unspecified atom stereocenters. The van der Waals surface area contributed by atoms with Gasteiger partial charge in [-0.1, -0.05) is 6.07 Å². The SMILES string of the molecule is CC(=O)NCC1CN(c2ccc(-c3ccc4nc(C/C(=C/N)NN)ncc4c3)c(F)c2)C(=O)O1. The average Bonchev–Trinajstić information content (AvgIpc) is 3.21. The largest absolute Gasteiger partial charge is 0.442 e. The van der Waals surface area contributed by atoms with E-state index in [9.17, 15) is 9.59 Å². The van der Waals surface area contributed by atoms with Gasteiger partial charge in [-0.3, -0.25) is 15.5 Å². The van der Waals surface area contributed by atoms with E-state index in [0.717, 1.165) is 5.39 Å². The maximum Gasteiger partial charge on any atom is 0.414 e. The summed E-state index contributed by atoms with van der Waals surface area (Å²) in [5.41, 5.74) is 10.7. The Morgan fingerprint density at radius 3 is 2.85 bits per heavy atom. The zero-order valence-corrected chi connectivity index (χ0v) is 18.4. The van der Waals surface area contributed by atoms with E-state index >= 15 is 4.39 Å². The van der Waals surface area contributed by atoms with E-state index in [1.807, 2.05) is 0 Å². The van der Waals surface area contributed by atoms with E-state index in [0.29, 0.717) is 40.3 Å². The molecular formula is C23H24FN7O3. The molecule has 11 heteroatoms. The molecule has 2 heterocycles. The third-order valence-corrected chi connectivity index (χ3v) is 5.39. The Morgan fingerprint density at radius 1 is 1.32 bits per heavy atom. The van der Waals surface area contributed by atoms with Crippen LogP contribution in [0, 0.1) is 5.82 Å². The summed E-state index contributed by atoms with van der Waals surface area (Å²) in [6, 6.07) is 9.92. The Labute approximate surface area is 194 Å². The first-order chi connectivity index (χ1) is 16.4. The number of nitrogens with zero attached hydrogens (tertiary/aromatic N) is 3. The number of halogens is 1. The molecule has 1 atom stereocenters. The zero-order valence-electron chi connectivity index (χ0n) is 18.4. The molecule has 1 saturated heterocycles. The molecule has 6 N–H and O–H groups in total. The van der Waals surface area contributed by atoms with E-state index < -0.39 is 18.0 Å². The number of carbonyl (C=O) groups excluding carboxylic acids is 2. The van der Waals surface area contributed by atoms with Crippen LogP contribution >= 0.6 is 0 Å². The summed E-state index contributed by atoms with van der Waals surface area (Å²) in [7, 11) is 0. The smallest absolute Gasteiger partial charge is 0.414 e. The molecule has 4 rings (SSSR count). The van der Waals surface area contributed by atoms with E-state index in [-0.39, 0.29) is 19.0 Å². The number of fused-ring (bicyclic) bond motifs is 1. The van der Waals surface area contributed by atoms with Crippen molar-refractivity contribution in [2.75, 3.05) is 18.0 Å². The maximum absolute atomic E-state index is 15.0. The Morgan fingerprint density at radius 2 is 2.15 bits per heavy atom. The third kappa shape index (κ3) is 4.89. The molecule has 0 aliphatic carbocycles. The van der Waals surface area contributed by atoms with Gasteiger partial charge in [0, 0.05) is 36.0 Å². The highest BCUT2D eigenvalue weighted by atomic mass is 19.1. The Hall–Kier alpha value is -4.25. The molecule has 2 aromatic carbocycles. The molecule has 0 radical (unpaired) electrons. The van der Waals surface area contributed by atoms with Gasteiger partial charge in [-0.05, 0) is 35.9 Å². The number of amides is 2. The normalized spacial score (nSPS) is 16.0. The highest BCUT2D eigenvalue weighted by molar-refractivity contribution is 5.90. The molecule has 0 bridgehead atoms. The fourth-order valence-corrected chi connectivity index (χ4v) is 3.66. The standard InChI is InChI=1S/C23H24FN7O3/c1-13(32)27-11-18-12-31(23(33)34-18)17-3-4-19(20(24)8-17)14-2-5-21-15(6-14)10-28-22(29-21)7-16(9-25)30-26/h2-6,8-10,18,30H,7,11-12,25-26H2,1H3,(H,27,32)/b16-9-. The van der Waals surface area contributed by atoms with Crippen molar-refractivity contribution in [3.8, 4) is 11.1 Å². The number of anilines is 1. The number of nitrogens with two attached hydrogens (primary N) is 2. The first kappa shape index (κ1) is 22.9. The van der Waals surface area contributed by atoms with Crippen molar-refractivity contribution in [1.29, 1.82) is 0 Å². The van der Waals surface area contributed by atoms with Crippen LogP contribution in [0.2, 0.25) is 0 Å². The van der Waals surface area contributed by atoms with Crippen molar-refractivity contribution in [3.63, 3.8) is 0 Å². The average molecular weight is 465 g/mol. The first-order valence-electron chi connectivity index (χ1n) is 10.5. The highest BCUT2D eigenvalue weighted by Crippen LogP contribution is 2.30. The minimum atomic E-state index is -0.585. The molecule has 10 nitrogen and oxygen atoms in total. The van der Waals surface area contributed by atoms with Crippen molar-refractivity contribution in [2.24, 2.45) is 11.6 Å². The van der Waals surface area contributed by atoms with Gasteiger partial charge in [-0.2, -0.15) is 0 Å². The van der Waals surface area contributed by atoms with Gasteiger partial charge in [0.05, 0.1) is 30.7 Å². The van der Waals surface area contributed by atoms with Gasteiger partial charge in [0.25, 0.3) is 0 Å². The van der Waals surface area contributed by atoms with Crippen LogP contribution < -0.4 is 27.2 Å². The van der Waals surface area contributed by atoms with Crippen LogP contribution in [0.5, 0.6) is 0 Å². The number of ether oxygens (including phenoxy) is 1. The number of benzene rings is 2. The summed E-state index contributed by atoms with van der Waals surface area (Å²) in [4.78, 5) is 33.5. The maximum atomic E-state index is 15.0. The Kier molecular flexibility index (Phi) is 6.55. The lowest BCUT2D eigenvalue weighted by Crippen LogP contribution is -2.33. The van der Waals surface area contributed by atoms with Gasteiger partial charge in [0.2, 0.25) is 5.91 Å². The summed E-state index contributed by atoms with van der Waals surface area (Å²) >= 11 is 0. The number of carbonyl (C=O) groups is 2. The van der Waals surface area contributed by atoms with Crippen molar-refractivity contribution in [1.82, 2.24) is 20.7 Å². The predicted octanol–water partition coefficient (Wildman–Crippen LogP) is 1.70. The number of nitrogens with one attached hydrogen (secondary N) is 2. The Balaban J connectivity index is 1.54. The zero-order chi connectivity index (χ0) is 24.2. The predicted molar refractivity (Wildman–Crippen MR) is 125 cm³/mol. The lowest BCUT2D eigenvalue weighted by Gasteiger charge is -2.15. The number of hydrazine groups is 1. The molecule has 1 fully saturated rings. The van der Waals surface area contributed by atoms with Gasteiger partial charge in [-0.25, -0.2) is 19.2 Å². The number of rotatable bonds is 7. The minimum Gasteiger partial charge on any atom is -0.442 e. The number of hydrogen-bond acceptors (Lipinski definition) is 8. The lowest BCUT2D eigenvalue weighted by molar-refractivity contribution is -0.119. The van der Waals surface area contributed by atoms with E-state index in [2.05, 4.69) is 20.7 Å². The van der Waals surface area contributed by atoms with Crippen molar-refractivity contribution >= 4 is 28.6 Å². The molecule has 1 aliphatic heterocycles. The summed E-state index contributed by atoms with van der Waals surface area (Å²) < 4.78 is 20.3. The van der Waals surface area contributed by atoms with Gasteiger partial charge >= 0.3 is 6.09 Å². The quantitative estimate of drug-likeness (QED) is 0.304. The number of allylic oxidation sites excluding steroid dienone is 1. The second kappa shape index (κ2) is 9.71. The van der Waals surface area contributed by atoms with Crippen LogP contribution in [0.4, 0.5) is 14.9 Å². The van der Waals surface area contributed by atoms with Gasteiger partial charge in [0.15, 0.2) is 0 Å². The second-order valence-electron chi connectivity index (χ2n) is 7.79. The van der Waals surface area contributed by atoms with Gasteiger partial charge in [-0.15, -0.1) is 0 Å². The second-order valence-corrected chi connectivity index (χ2v) is 7.79. The number of hydrogen-bond donors (Lipinski definition) is 4. The molecule has 0 saturated carbocycles. The lowest BCUT2D eigenvalue weighted by atomic mass is 10.0. The molecule has 1 aliphatic rings. The summed E-state index contributed by atoms with van der Waals surface area (Å²) in [5.74, 6) is 5.24. The molecular weight excluding hydrogens is 441 g/mol. The fourth-order valence-electron chi connectivity index (χ4n) is 3.66. The fraction of sp³-hybridized carbons (Fsp3) is 0.217. The first-order valence-corrected chi connectivity index (χ1v) is 10.5. The van der Waals surface area contributed by atoms with Crippen LogP contribution in [-0.4, -0.2) is 41.2 Å². The molecule has 2 amide bonds. The van der Waals surface area contributed by atoms with Crippen molar-refractivity contribution in [3.05, 3.63) is 66.1 Å². The van der Waals surface area contributed by atoms with Crippen LogP contribution in [0.3, 0.4) is 0 Å². The molecule has 0 spiro atoms. The molecule has 1 aromatic heterocycles. The molecule has 34 heavy (non-hydrogen) atoms. The highest BCUT2D eigenvalue weighted by Gasteiger charge is 2.32. The minimum absolute atomic E-state index is 0.200. The van der Waals surface area contributed by atoms with Crippen LogP contribution in [0.1, 0.15) is 12.7 Å². The van der Waals surface area contributed by atoms with Crippen LogP contribution in [-0.2, 0) is 16.0 Å². The van der Waals surface area contributed by atoms with Gasteiger partial charge in [0.1, 0.15) is 17.7 Å². The summed E-state index contributed by atoms with van der Waals surface area (Å²) in [5, 5.41) is 3.35. The topological polar surface area (TPSA) is 148 Å². The number of cyclic esters (lactones) is 1. The summed E-state index contributed by atoms with van der Waals surface area (Å²) in [6.07, 6.45) is 2.28. The van der Waals surface area contributed by atoms with E-state index in [4.69, 9.17) is 16.3 Å². The van der Waals surface area contributed by atoms with Crippen LogP contribution in [0.15, 0.2) is 54.5 Å². The van der Waals surface area contributed by atoms with Crippen molar-refractivity contribution < 1.29 is 18.7 Å². The molecule has 3 aromatic rings. The van der Waals surface area contributed by atoms with Crippen LogP contribution in [0.25, 0.3) is 22.0 Å². The van der Waals surface area contributed by atoms with E-state index in [1.54, 1.807) is 36.5 Å². The molecule has 176 valence electrons. The Bertz CT molecular complexity index is 1280. The monoisotopic (exact) mass is 465 g/mol. The van der Waals surface area contributed by atoms with Gasteiger partial charge < -0.3 is 21.2 Å². The van der Waals surface area contributed by atoms with E-state index in [1.165, 1.54) is 24.1 Å². The summed E-state index contributed by atoms with van der Waals surface area (Å²) in [6.45, 7) is 1.80. The number of aromatic nitrogens is 2. The van der Waals surface area contributed by atoms with Crippen molar-refractivity contribution in [2.45, 2.75) is 19.4 Å². The third-order valence-electron chi connectivity index (χ3n) is 5.39.